The van der Waals surface area contributed by atoms with Crippen LogP contribution in [0.3, 0.4) is 0 Å². The van der Waals surface area contributed by atoms with Gasteiger partial charge in [0.25, 0.3) is 0 Å². The second kappa shape index (κ2) is 9.82. The molecule has 3 fully saturated rings. The standard InChI is InChI=1S/C35H34F2N6/c36-22-13-30(38-15-22)34-40-17-32(43-34)19-3-1-18(2-4-19)25-9-8-24(27-11-20-5-7-26(20)33(25)27)21-6-10-28-29(12-21)42-35(41-28)31-14-23(37)16-39-31/h1-4,6,8-10,12,17,20,22-23,26,30-31,38-39H,5,7,11,13-16H2,(H,40,43)(H,41,42)/t20?,22-,23-,26?,30-,31-/m0/s1. The van der Waals surface area contributed by atoms with Gasteiger partial charge in [-0.2, -0.15) is 0 Å². The maximum atomic E-state index is 13.8. The van der Waals surface area contributed by atoms with E-state index in [-0.39, 0.29) is 12.1 Å². The van der Waals surface area contributed by atoms with E-state index in [1.165, 1.54) is 46.2 Å². The molecule has 6 nitrogen and oxygen atoms in total. The predicted molar refractivity (Wildman–Crippen MR) is 164 cm³/mol. The molecule has 9 rings (SSSR count). The van der Waals surface area contributed by atoms with Crippen molar-refractivity contribution < 1.29 is 8.78 Å². The van der Waals surface area contributed by atoms with Crippen molar-refractivity contribution in [3.05, 3.63) is 83.6 Å². The minimum Gasteiger partial charge on any atom is -0.341 e. The molecule has 1 saturated carbocycles. The molecule has 0 amide bonds. The van der Waals surface area contributed by atoms with E-state index in [2.05, 4.69) is 80.2 Å². The molecule has 0 radical (unpaired) electrons. The van der Waals surface area contributed by atoms with Gasteiger partial charge in [0, 0.05) is 25.9 Å². The van der Waals surface area contributed by atoms with Gasteiger partial charge in [-0.05, 0) is 82.2 Å². The molecule has 43 heavy (non-hydrogen) atoms. The van der Waals surface area contributed by atoms with E-state index in [0.29, 0.717) is 31.8 Å². The fourth-order valence-corrected chi connectivity index (χ4v) is 7.94. The molecular weight excluding hydrogens is 542 g/mol. The molecule has 2 aliphatic carbocycles. The third-order valence-electron chi connectivity index (χ3n) is 10.3. The Morgan fingerprint density at radius 1 is 0.721 bits per heavy atom. The molecule has 2 aromatic heterocycles. The normalized spacial score (nSPS) is 27.9. The van der Waals surface area contributed by atoms with Crippen LogP contribution in [-0.2, 0) is 6.42 Å². The van der Waals surface area contributed by atoms with Crippen LogP contribution in [0.2, 0.25) is 0 Å². The lowest BCUT2D eigenvalue weighted by Gasteiger charge is -2.31. The minimum atomic E-state index is -0.814. The zero-order valence-electron chi connectivity index (χ0n) is 23.8. The lowest BCUT2D eigenvalue weighted by Crippen LogP contribution is -2.19. The smallest absolute Gasteiger partial charge is 0.124 e. The predicted octanol–water partition coefficient (Wildman–Crippen LogP) is 7.08. The van der Waals surface area contributed by atoms with Gasteiger partial charge in [0.15, 0.2) is 0 Å². The van der Waals surface area contributed by atoms with E-state index >= 15 is 0 Å². The van der Waals surface area contributed by atoms with Gasteiger partial charge < -0.3 is 20.6 Å². The Kier molecular flexibility index (Phi) is 5.85. The zero-order chi connectivity index (χ0) is 28.7. The van der Waals surface area contributed by atoms with E-state index < -0.39 is 12.3 Å². The first-order chi connectivity index (χ1) is 21.1. The van der Waals surface area contributed by atoms with Crippen molar-refractivity contribution in [3.8, 4) is 33.5 Å². The summed E-state index contributed by atoms with van der Waals surface area (Å²) < 4.78 is 27.5. The van der Waals surface area contributed by atoms with Crippen LogP contribution in [0, 0.1) is 5.92 Å². The van der Waals surface area contributed by atoms with Crippen molar-refractivity contribution in [2.75, 3.05) is 13.1 Å². The van der Waals surface area contributed by atoms with Crippen molar-refractivity contribution in [2.45, 2.75) is 62.4 Å². The first kappa shape index (κ1) is 25.6. The van der Waals surface area contributed by atoms with Crippen LogP contribution in [0.1, 0.15) is 66.5 Å². The lowest BCUT2D eigenvalue weighted by atomic mass is 9.73. The van der Waals surface area contributed by atoms with Crippen LogP contribution in [-0.4, -0.2) is 45.4 Å². The third kappa shape index (κ3) is 4.25. The molecule has 5 aromatic rings. The molecule has 2 aliphatic heterocycles. The van der Waals surface area contributed by atoms with Crippen molar-refractivity contribution in [2.24, 2.45) is 5.92 Å². The van der Waals surface area contributed by atoms with E-state index in [4.69, 9.17) is 4.98 Å². The molecule has 0 spiro atoms. The number of fused-ring (bicyclic) bond motifs is 4. The van der Waals surface area contributed by atoms with Gasteiger partial charge in [-0.15, -0.1) is 0 Å². The summed E-state index contributed by atoms with van der Waals surface area (Å²) in [6.45, 7) is 0.778. The van der Waals surface area contributed by atoms with Crippen molar-refractivity contribution in [1.82, 2.24) is 30.6 Å². The SMILES string of the molecule is F[C@@H]1CN[C@H](c2ncc(-c3ccc(-c4ccc(-c5ccc6nc([C@@H]7C[C@H](F)CN7)[nH]c6c5)c5c4C4CCC4C5)cc3)[nH]2)C1. The number of aromatic amines is 2. The van der Waals surface area contributed by atoms with Gasteiger partial charge in [-0.3, -0.25) is 0 Å². The van der Waals surface area contributed by atoms with Crippen molar-refractivity contribution in [1.29, 1.82) is 0 Å². The average molecular weight is 577 g/mol. The summed E-state index contributed by atoms with van der Waals surface area (Å²) in [5.41, 5.74) is 12.1. The summed E-state index contributed by atoms with van der Waals surface area (Å²) in [6.07, 6.45) is 4.83. The molecule has 2 unspecified atom stereocenters. The Morgan fingerprint density at radius 2 is 1.44 bits per heavy atom. The molecule has 4 heterocycles. The number of rotatable bonds is 5. The van der Waals surface area contributed by atoms with Crippen molar-refractivity contribution in [3.63, 3.8) is 0 Å². The number of alkyl halides is 2. The Labute approximate surface area is 248 Å². The quantitative estimate of drug-likeness (QED) is 0.180. The Hall–Kier alpha value is -3.88. The van der Waals surface area contributed by atoms with Gasteiger partial charge >= 0.3 is 0 Å². The molecule has 8 heteroatoms. The molecule has 4 aliphatic rings. The topological polar surface area (TPSA) is 81.4 Å². The van der Waals surface area contributed by atoms with Crippen LogP contribution in [0.5, 0.6) is 0 Å². The number of nitrogens with zero attached hydrogens (tertiary/aromatic N) is 2. The van der Waals surface area contributed by atoms with Gasteiger partial charge in [-0.25, -0.2) is 18.7 Å². The molecule has 6 atom stereocenters. The molecule has 218 valence electrons. The highest BCUT2D eigenvalue weighted by atomic mass is 19.1. The number of hydrogen-bond acceptors (Lipinski definition) is 4. The summed E-state index contributed by atoms with van der Waals surface area (Å²) >= 11 is 0. The highest BCUT2D eigenvalue weighted by molar-refractivity contribution is 5.86. The highest BCUT2D eigenvalue weighted by Gasteiger charge is 2.42. The number of imidazole rings is 2. The minimum absolute atomic E-state index is 0.0518. The maximum absolute atomic E-state index is 13.8. The molecule has 0 bridgehead atoms. The Bertz CT molecular complexity index is 1840. The van der Waals surface area contributed by atoms with Crippen molar-refractivity contribution >= 4 is 11.0 Å². The number of halogens is 2. The number of benzene rings is 3. The monoisotopic (exact) mass is 576 g/mol. The fourth-order valence-electron chi connectivity index (χ4n) is 7.94. The third-order valence-corrected chi connectivity index (χ3v) is 10.3. The number of hydrogen-bond donors (Lipinski definition) is 4. The van der Waals surface area contributed by atoms with E-state index in [0.717, 1.165) is 46.3 Å². The fraction of sp³-hybridized carbons (Fsp3) is 0.371. The summed E-state index contributed by atoms with van der Waals surface area (Å²) in [5.74, 6) is 2.99. The number of H-pyrrole nitrogens is 2. The summed E-state index contributed by atoms with van der Waals surface area (Å²) in [6, 6.07) is 19.8. The first-order valence-electron chi connectivity index (χ1n) is 15.6. The van der Waals surface area contributed by atoms with E-state index in [9.17, 15) is 8.78 Å². The van der Waals surface area contributed by atoms with Gasteiger partial charge in [0.2, 0.25) is 0 Å². The lowest BCUT2D eigenvalue weighted by molar-refractivity contribution is 0.281. The first-order valence-corrected chi connectivity index (χ1v) is 15.6. The Morgan fingerprint density at radius 3 is 2.16 bits per heavy atom. The molecular formula is C35H34F2N6. The summed E-state index contributed by atoms with van der Waals surface area (Å²) in [4.78, 5) is 16.2. The van der Waals surface area contributed by atoms with Gasteiger partial charge in [0.05, 0.1) is 35.0 Å². The summed E-state index contributed by atoms with van der Waals surface area (Å²) in [5, 5.41) is 6.45. The van der Waals surface area contributed by atoms with Crippen LogP contribution in [0.25, 0.3) is 44.5 Å². The maximum Gasteiger partial charge on any atom is 0.124 e. The average Bonchev–Trinajstić information content (AvgIpc) is 3.83. The second-order valence-corrected chi connectivity index (χ2v) is 12.9. The summed E-state index contributed by atoms with van der Waals surface area (Å²) in [7, 11) is 0. The van der Waals surface area contributed by atoms with Crippen LogP contribution < -0.4 is 10.6 Å². The Balaban J connectivity index is 1.04. The molecule has 3 aromatic carbocycles. The van der Waals surface area contributed by atoms with Gasteiger partial charge in [0.1, 0.15) is 24.0 Å². The van der Waals surface area contributed by atoms with Crippen LogP contribution in [0.15, 0.2) is 60.8 Å². The molecule has 4 N–H and O–H groups in total. The van der Waals surface area contributed by atoms with Crippen LogP contribution in [0.4, 0.5) is 8.78 Å². The van der Waals surface area contributed by atoms with Gasteiger partial charge in [-0.1, -0.05) is 42.5 Å². The van der Waals surface area contributed by atoms with E-state index in [1.807, 2.05) is 6.20 Å². The number of aromatic nitrogens is 4. The highest BCUT2D eigenvalue weighted by Crippen LogP contribution is 2.56. The van der Waals surface area contributed by atoms with Crippen LogP contribution >= 0.6 is 0 Å². The van der Waals surface area contributed by atoms with E-state index in [1.54, 1.807) is 0 Å². The largest absolute Gasteiger partial charge is 0.341 e. The zero-order valence-corrected chi connectivity index (χ0v) is 23.8. The second-order valence-electron chi connectivity index (χ2n) is 12.9. The molecule has 2 saturated heterocycles. The number of nitrogens with one attached hydrogen (secondary N) is 4.